The molecule has 1 fully saturated rings. The highest BCUT2D eigenvalue weighted by atomic mass is 16.6. The van der Waals surface area contributed by atoms with E-state index in [0.717, 1.165) is 24.2 Å². The van der Waals surface area contributed by atoms with Gasteiger partial charge in [-0.1, -0.05) is 25.1 Å². The molecule has 3 rings (SSSR count). The lowest BCUT2D eigenvalue weighted by Crippen LogP contribution is -2.45. The number of hydrogen-bond acceptors (Lipinski definition) is 4. The molecular formula is C18H22N4O3. The van der Waals surface area contributed by atoms with Gasteiger partial charge in [-0.3, -0.25) is 4.79 Å². The molecule has 1 aromatic carbocycles. The number of hydrazine groups is 1. The van der Waals surface area contributed by atoms with Gasteiger partial charge in [0.25, 0.3) is 5.91 Å². The summed E-state index contributed by atoms with van der Waals surface area (Å²) in [6.07, 6.45) is 2.56. The Morgan fingerprint density at radius 1 is 1.16 bits per heavy atom. The Hall–Kier alpha value is -2.83. The highest BCUT2D eigenvalue weighted by Gasteiger charge is 2.33. The molecule has 0 N–H and O–H groups in total. The Bertz CT molecular complexity index is 757. The van der Waals surface area contributed by atoms with Gasteiger partial charge in [-0.25, -0.2) is 19.5 Å². The monoisotopic (exact) mass is 342 g/mol. The van der Waals surface area contributed by atoms with Gasteiger partial charge in [-0.2, -0.15) is 5.10 Å². The molecule has 7 heteroatoms. The van der Waals surface area contributed by atoms with Gasteiger partial charge in [0, 0.05) is 13.1 Å². The molecule has 132 valence electrons. The average molecular weight is 342 g/mol. The number of carbonyl (C=O) groups is 2. The molecule has 0 radical (unpaired) electrons. The van der Waals surface area contributed by atoms with Crippen molar-refractivity contribution in [1.29, 1.82) is 0 Å². The topological polar surface area (TPSA) is 67.7 Å². The van der Waals surface area contributed by atoms with E-state index in [-0.39, 0.29) is 5.91 Å². The summed E-state index contributed by atoms with van der Waals surface area (Å²) in [6.45, 7) is 5.11. The second-order valence-electron chi connectivity index (χ2n) is 5.91. The van der Waals surface area contributed by atoms with Crippen molar-refractivity contribution in [3.63, 3.8) is 0 Å². The summed E-state index contributed by atoms with van der Waals surface area (Å²) in [6, 6.07) is 9.63. The van der Waals surface area contributed by atoms with Gasteiger partial charge >= 0.3 is 6.09 Å². The molecule has 2 amide bonds. The average Bonchev–Trinajstić information content (AvgIpc) is 3.27. The zero-order valence-corrected chi connectivity index (χ0v) is 14.5. The van der Waals surface area contributed by atoms with Crippen LogP contribution in [-0.2, 0) is 4.74 Å². The van der Waals surface area contributed by atoms with Crippen molar-refractivity contribution in [1.82, 2.24) is 19.8 Å². The molecule has 2 aromatic rings. The molecule has 0 aliphatic carbocycles. The van der Waals surface area contributed by atoms with Gasteiger partial charge in [0.05, 0.1) is 29.7 Å². The molecule has 0 atom stereocenters. The van der Waals surface area contributed by atoms with Crippen molar-refractivity contribution < 1.29 is 14.3 Å². The van der Waals surface area contributed by atoms with Crippen LogP contribution in [0.1, 0.15) is 35.8 Å². The van der Waals surface area contributed by atoms with Crippen LogP contribution in [0.15, 0.2) is 36.5 Å². The predicted molar refractivity (Wildman–Crippen MR) is 92.3 cm³/mol. The minimum atomic E-state index is -0.471. The normalized spacial score (nSPS) is 14.0. The summed E-state index contributed by atoms with van der Waals surface area (Å²) in [7, 11) is 0. The van der Waals surface area contributed by atoms with E-state index in [4.69, 9.17) is 4.74 Å². The third-order valence-electron chi connectivity index (χ3n) is 4.15. The Labute approximate surface area is 146 Å². The van der Waals surface area contributed by atoms with E-state index in [1.165, 1.54) is 10.0 Å². The molecular weight excluding hydrogens is 320 g/mol. The third kappa shape index (κ3) is 3.35. The summed E-state index contributed by atoms with van der Waals surface area (Å²) >= 11 is 0. The Morgan fingerprint density at radius 3 is 2.60 bits per heavy atom. The molecule has 7 nitrogen and oxygen atoms in total. The Morgan fingerprint density at radius 2 is 1.88 bits per heavy atom. The predicted octanol–water partition coefficient (Wildman–Crippen LogP) is 2.79. The van der Waals surface area contributed by atoms with Crippen LogP contribution in [0.3, 0.4) is 0 Å². The maximum Gasteiger partial charge on any atom is 0.428 e. The summed E-state index contributed by atoms with van der Waals surface area (Å²) in [5.41, 5.74) is 2.11. The van der Waals surface area contributed by atoms with Crippen molar-refractivity contribution >= 4 is 12.0 Å². The number of carbonyl (C=O) groups excluding carboxylic acids is 2. The number of benzene rings is 1. The number of para-hydroxylation sites is 1. The molecule has 0 saturated carbocycles. The van der Waals surface area contributed by atoms with E-state index >= 15 is 0 Å². The van der Waals surface area contributed by atoms with Gasteiger partial charge in [-0.05, 0) is 31.9 Å². The van der Waals surface area contributed by atoms with Crippen molar-refractivity contribution in [2.45, 2.75) is 26.7 Å². The fourth-order valence-electron chi connectivity index (χ4n) is 2.86. The lowest BCUT2D eigenvalue weighted by Gasteiger charge is -2.26. The first-order valence-electron chi connectivity index (χ1n) is 8.49. The Kier molecular flexibility index (Phi) is 5.02. The first-order valence-corrected chi connectivity index (χ1v) is 8.49. The van der Waals surface area contributed by atoms with E-state index in [1.54, 1.807) is 10.9 Å². The fraction of sp³-hybridized carbons (Fsp3) is 0.389. The van der Waals surface area contributed by atoms with Crippen LogP contribution in [0.5, 0.6) is 0 Å². The van der Waals surface area contributed by atoms with Gasteiger partial charge < -0.3 is 4.74 Å². The van der Waals surface area contributed by atoms with Gasteiger partial charge in [0.15, 0.2) is 0 Å². The number of hydrogen-bond donors (Lipinski definition) is 0. The van der Waals surface area contributed by atoms with Gasteiger partial charge in [-0.15, -0.1) is 0 Å². The van der Waals surface area contributed by atoms with Crippen LogP contribution in [0, 0.1) is 6.92 Å². The molecule has 2 heterocycles. The third-order valence-corrected chi connectivity index (χ3v) is 4.15. The van der Waals surface area contributed by atoms with Crippen LogP contribution < -0.4 is 0 Å². The standard InChI is InChI=1S/C18H22N4O3/c1-3-12-25-18(24)21-11-7-10-20(21)17(23)16-13-19-22(14(16)2)15-8-5-4-6-9-15/h4-6,8-9,13H,3,7,10-12H2,1-2H3. The summed E-state index contributed by atoms with van der Waals surface area (Å²) < 4.78 is 6.89. The smallest absolute Gasteiger partial charge is 0.428 e. The quantitative estimate of drug-likeness (QED) is 0.857. The van der Waals surface area contributed by atoms with Crippen LogP contribution in [0.4, 0.5) is 4.79 Å². The number of rotatable bonds is 4. The maximum absolute atomic E-state index is 12.9. The van der Waals surface area contributed by atoms with Crippen LogP contribution in [0.2, 0.25) is 0 Å². The first-order chi connectivity index (χ1) is 12.1. The van der Waals surface area contributed by atoms with Crippen molar-refractivity contribution in [3.8, 4) is 5.69 Å². The molecule has 0 spiro atoms. The van der Waals surface area contributed by atoms with E-state index in [1.807, 2.05) is 44.2 Å². The lowest BCUT2D eigenvalue weighted by molar-refractivity contribution is 0.0132. The highest BCUT2D eigenvalue weighted by molar-refractivity contribution is 5.96. The minimum Gasteiger partial charge on any atom is -0.448 e. The SMILES string of the molecule is CCCOC(=O)N1CCCN1C(=O)c1cnn(-c2ccccc2)c1C. The van der Waals surface area contributed by atoms with Crippen LogP contribution in [-0.4, -0.2) is 51.5 Å². The number of ether oxygens (including phenoxy) is 1. The van der Waals surface area contributed by atoms with E-state index in [0.29, 0.717) is 25.3 Å². The number of nitrogens with zero attached hydrogens (tertiary/aromatic N) is 4. The summed E-state index contributed by atoms with van der Waals surface area (Å²) in [5, 5.41) is 7.17. The molecule has 1 aromatic heterocycles. The highest BCUT2D eigenvalue weighted by Crippen LogP contribution is 2.20. The number of aromatic nitrogens is 2. The number of amides is 2. The van der Waals surface area contributed by atoms with Crippen molar-refractivity contribution in [3.05, 3.63) is 47.8 Å². The minimum absolute atomic E-state index is 0.231. The molecule has 1 aliphatic rings. The maximum atomic E-state index is 12.9. The summed E-state index contributed by atoms with van der Waals surface area (Å²) in [4.78, 5) is 25.1. The van der Waals surface area contributed by atoms with Crippen LogP contribution in [0.25, 0.3) is 5.69 Å². The molecule has 1 aliphatic heterocycles. The van der Waals surface area contributed by atoms with Gasteiger partial charge in [0.1, 0.15) is 0 Å². The van der Waals surface area contributed by atoms with E-state index < -0.39 is 6.09 Å². The molecule has 25 heavy (non-hydrogen) atoms. The van der Waals surface area contributed by atoms with Gasteiger partial charge in [0.2, 0.25) is 0 Å². The lowest BCUT2D eigenvalue weighted by atomic mass is 10.2. The second kappa shape index (κ2) is 7.38. The summed E-state index contributed by atoms with van der Waals surface area (Å²) in [5.74, 6) is -0.231. The van der Waals surface area contributed by atoms with Crippen LogP contribution >= 0.6 is 0 Å². The van der Waals surface area contributed by atoms with E-state index in [2.05, 4.69) is 5.10 Å². The van der Waals surface area contributed by atoms with Crippen molar-refractivity contribution in [2.24, 2.45) is 0 Å². The van der Waals surface area contributed by atoms with Crippen molar-refractivity contribution in [2.75, 3.05) is 19.7 Å². The molecule has 0 bridgehead atoms. The zero-order valence-electron chi connectivity index (χ0n) is 14.5. The molecule has 0 unspecified atom stereocenters. The second-order valence-corrected chi connectivity index (χ2v) is 5.91. The largest absolute Gasteiger partial charge is 0.448 e. The Balaban J connectivity index is 1.81. The van der Waals surface area contributed by atoms with E-state index in [9.17, 15) is 9.59 Å². The zero-order chi connectivity index (χ0) is 17.8. The fourth-order valence-corrected chi connectivity index (χ4v) is 2.86. The molecule has 1 saturated heterocycles. The first kappa shape index (κ1) is 17.0.